The van der Waals surface area contributed by atoms with Crippen molar-refractivity contribution in [3.63, 3.8) is 0 Å². The van der Waals surface area contributed by atoms with Gasteiger partial charge in [0, 0.05) is 31.3 Å². The first-order chi connectivity index (χ1) is 27.3. The van der Waals surface area contributed by atoms with Crippen LogP contribution in [0.25, 0.3) is 0 Å². The Labute approximate surface area is 342 Å². The van der Waals surface area contributed by atoms with Gasteiger partial charge < -0.3 is 45.0 Å². The number of hydrogen-bond acceptors (Lipinski definition) is 18. The van der Waals surface area contributed by atoms with E-state index in [1.54, 1.807) is 5.48 Å². The minimum Gasteiger partial charge on any atom is -0.394 e. The number of ether oxygens (including phenoxy) is 2. The van der Waals surface area contributed by atoms with Crippen LogP contribution in [-0.2, 0) is 23.9 Å². The Morgan fingerprint density at radius 3 is 1.52 bits per heavy atom. The molecule has 2 aliphatic heterocycles. The maximum atomic E-state index is 12.2. The number of rotatable bonds is 21. The van der Waals surface area contributed by atoms with Gasteiger partial charge in [-0.3, -0.25) is 24.6 Å². The van der Waals surface area contributed by atoms with E-state index in [9.17, 15) is 39.6 Å². The highest BCUT2D eigenvalue weighted by atomic mass is 35.5. The number of unbranched alkanes of at least 4 members (excludes halogenated alkanes) is 10. The fourth-order valence-corrected chi connectivity index (χ4v) is 5.94. The summed E-state index contributed by atoms with van der Waals surface area (Å²) in [6.07, 6.45) is 7.34. The SMILES string of the molecule is C.CCCCCCCCC(=O)Cl.CCCCCCCCC(=O)ONc1ccn([C@@H]2O[C@H](CO)[C@H](O)C2O)c(=O)n1.O=c1nc(NO)ccn1[C@@H]1O[C@H](CO)[C@H](O)C1O. The van der Waals surface area contributed by atoms with Crippen LogP contribution >= 0.6 is 11.6 Å². The largest absolute Gasteiger partial charge is 0.394 e. The number of hydrogen-bond donors (Lipinski definition) is 9. The van der Waals surface area contributed by atoms with Crippen LogP contribution in [0.5, 0.6) is 0 Å². The molecule has 0 spiro atoms. The van der Waals surface area contributed by atoms with Gasteiger partial charge in [-0.05, 0) is 30.5 Å². The number of anilines is 2. The number of carbonyl (C=O) groups excluding carboxylic acids is 2. The van der Waals surface area contributed by atoms with E-state index in [-0.39, 0.29) is 30.7 Å². The number of nitrogens with zero attached hydrogens (tertiary/aromatic N) is 4. The van der Waals surface area contributed by atoms with E-state index in [0.29, 0.717) is 6.42 Å². The Morgan fingerprint density at radius 1 is 0.707 bits per heavy atom. The van der Waals surface area contributed by atoms with Gasteiger partial charge in [0.15, 0.2) is 24.1 Å². The van der Waals surface area contributed by atoms with Gasteiger partial charge in [-0.15, -0.1) is 0 Å². The van der Waals surface area contributed by atoms with Crippen LogP contribution in [0.2, 0.25) is 0 Å². The molecule has 2 fully saturated rings. The first kappa shape index (κ1) is 52.4. The molecule has 2 aromatic rings. The van der Waals surface area contributed by atoms with Gasteiger partial charge >= 0.3 is 17.3 Å². The number of aliphatic hydroxyl groups is 6. The molecule has 20 nitrogen and oxygen atoms in total. The molecule has 2 unspecified atom stereocenters. The zero-order valence-corrected chi connectivity index (χ0v) is 33.2. The van der Waals surface area contributed by atoms with Crippen LogP contribution in [0.1, 0.15) is 124 Å². The van der Waals surface area contributed by atoms with E-state index in [1.165, 1.54) is 69.5 Å². The van der Waals surface area contributed by atoms with Crippen molar-refractivity contribution in [2.75, 3.05) is 24.2 Å². The standard InChI is InChI=1S/C18H29N3O7.C9H17ClO.C9H13N3O6.CH4/c1-2-3-4-5-6-7-8-14(23)28-20-13-9-10-21(18(26)19-13)17-16(25)15(24)12(11-22)27-17;1-2-3-4-5-6-7-8-9(10)11;13-3-4-6(14)7(15)8(18-4)12-2-1-5(11-17)10-9(12)16;/h9-10,12,15-17,22,24-25H,2-8,11H2,1H3,(H,19,20,26);2-8H2,1H3;1-2,4,6-8,13-15,17H,3H2,(H,10,11,16);1H4/t12-,15+,16?,17-;;4-,6+,7?,8-;/m1.1./s1. The van der Waals surface area contributed by atoms with Crippen molar-refractivity contribution >= 4 is 34.4 Å². The molecule has 0 amide bonds. The van der Waals surface area contributed by atoms with Crippen LogP contribution in [-0.4, -0.2) is 116 Å². The van der Waals surface area contributed by atoms with Crippen molar-refractivity contribution in [3.05, 3.63) is 45.5 Å². The first-order valence-electron chi connectivity index (χ1n) is 19.3. The lowest BCUT2D eigenvalue weighted by Gasteiger charge is -2.17. The lowest BCUT2D eigenvalue weighted by molar-refractivity contribution is -0.140. The Hall–Kier alpha value is -3.57. The lowest BCUT2D eigenvalue weighted by Crippen LogP contribution is -2.36. The highest BCUT2D eigenvalue weighted by Crippen LogP contribution is 2.29. The summed E-state index contributed by atoms with van der Waals surface area (Å²) in [6, 6.07) is 2.66. The van der Waals surface area contributed by atoms with E-state index < -0.39 is 79.6 Å². The van der Waals surface area contributed by atoms with Crippen LogP contribution in [0, 0.1) is 0 Å². The molecule has 2 aromatic heterocycles. The molecule has 58 heavy (non-hydrogen) atoms. The quantitative estimate of drug-likeness (QED) is 0.0494. The summed E-state index contributed by atoms with van der Waals surface area (Å²) in [6.45, 7) is 3.37. The van der Waals surface area contributed by atoms with Crippen molar-refractivity contribution in [3.8, 4) is 0 Å². The van der Waals surface area contributed by atoms with E-state index in [0.717, 1.165) is 41.2 Å². The minimum absolute atomic E-state index is 0. The second-order valence-electron chi connectivity index (χ2n) is 13.5. The molecule has 2 aliphatic rings. The highest BCUT2D eigenvalue weighted by molar-refractivity contribution is 6.63. The van der Waals surface area contributed by atoms with Gasteiger partial charge in [0.05, 0.1) is 13.2 Å². The van der Waals surface area contributed by atoms with Crippen molar-refractivity contribution in [1.82, 2.24) is 19.1 Å². The second-order valence-corrected chi connectivity index (χ2v) is 14.0. The summed E-state index contributed by atoms with van der Waals surface area (Å²) in [4.78, 5) is 57.8. The normalized spacial score (nSPS) is 23.4. The number of nitrogens with one attached hydrogen (secondary N) is 2. The molecular weight excluding hydrogens is 788 g/mol. The number of aliphatic hydroxyl groups excluding tert-OH is 6. The highest BCUT2D eigenvalue weighted by Gasteiger charge is 2.44. The van der Waals surface area contributed by atoms with Crippen molar-refractivity contribution < 1.29 is 59.7 Å². The Balaban J connectivity index is 0.000000480. The maximum Gasteiger partial charge on any atom is 0.351 e. The number of carbonyl (C=O) groups is 2. The van der Waals surface area contributed by atoms with Crippen molar-refractivity contribution in [2.24, 2.45) is 0 Å². The Morgan fingerprint density at radius 2 is 1.12 bits per heavy atom. The summed E-state index contributed by atoms with van der Waals surface area (Å²) in [5.41, 5.74) is 2.50. The van der Waals surface area contributed by atoms with Crippen LogP contribution in [0.3, 0.4) is 0 Å². The second kappa shape index (κ2) is 28.8. The topological polar surface area (TPSA) is 297 Å². The smallest absolute Gasteiger partial charge is 0.351 e. The van der Waals surface area contributed by atoms with Gasteiger partial charge in [-0.1, -0.05) is 85.5 Å². The summed E-state index contributed by atoms with van der Waals surface area (Å²) < 4.78 is 12.4. The van der Waals surface area contributed by atoms with Crippen molar-refractivity contribution in [2.45, 2.75) is 160 Å². The lowest BCUT2D eigenvalue weighted by atomic mass is 10.1. The molecule has 4 heterocycles. The van der Waals surface area contributed by atoms with E-state index in [2.05, 4.69) is 29.3 Å². The van der Waals surface area contributed by atoms with Gasteiger partial charge in [0.1, 0.15) is 36.6 Å². The summed E-state index contributed by atoms with van der Waals surface area (Å²) in [5.74, 6) is -0.461. The van der Waals surface area contributed by atoms with Crippen LogP contribution < -0.4 is 22.3 Å². The van der Waals surface area contributed by atoms with Crippen LogP contribution in [0.15, 0.2) is 34.1 Å². The third kappa shape index (κ3) is 17.3. The summed E-state index contributed by atoms with van der Waals surface area (Å²) in [7, 11) is 0. The summed E-state index contributed by atoms with van der Waals surface area (Å²) in [5, 5.41) is 65.5. The molecule has 9 N–H and O–H groups in total. The first-order valence-corrected chi connectivity index (χ1v) is 19.7. The molecule has 0 saturated carbocycles. The molecule has 0 radical (unpaired) electrons. The fraction of sp³-hybridized carbons (Fsp3) is 0.730. The molecule has 21 heteroatoms. The third-order valence-corrected chi connectivity index (χ3v) is 9.28. The van der Waals surface area contributed by atoms with E-state index in [1.807, 2.05) is 0 Å². The Kier molecular flexibility index (Phi) is 26.0. The monoisotopic (exact) mass is 850 g/mol. The molecule has 0 bridgehead atoms. The van der Waals surface area contributed by atoms with Crippen molar-refractivity contribution in [1.29, 1.82) is 0 Å². The average Bonchev–Trinajstić information content (AvgIpc) is 3.65. The van der Waals surface area contributed by atoms with Gasteiger partial charge in [0.25, 0.3) is 0 Å². The zero-order chi connectivity index (χ0) is 42.3. The molecule has 2 saturated heterocycles. The summed E-state index contributed by atoms with van der Waals surface area (Å²) >= 11 is 5.18. The van der Waals surface area contributed by atoms with E-state index >= 15 is 0 Å². The maximum absolute atomic E-state index is 12.2. The number of aromatic nitrogens is 4. The number of halogens is 1. The predicted octanol–water partition coefficient (Wildman–Crippen LogP) is 2.27. The molecule has 332 valence electrons. The Bertz CT molecular complexity index is 1590. The zero-order valence-electron chi connectivity index (χ0n) is 32.4. The van der Waals surface area contributed by atoms with E-state index in [4.69, 9.17) is 41.3 Å². The van der Waals surface area contributed by atoms with Gasteiger partial charge in [0.2, 0.25) is 5.24 Å². The fourth-order valence-electron chi connectivity index (χ4n) is 5.81. The molecular formula is C37H63ClN6O14. The predicted molar refractivity (Wildman–Crippen MR) is 212 cm³/mol. The molecule has 4 rings (SSSR count). The minimum atomic E-state index is -1.38. The molecule has 0 aromatic carbocycles. The third-order valence-electron chi connectivity index (χ3n) is 9.09. The van der Waals surface area contributed by atoms with Crippen LogP contribution in [0.4, 0.5) is 11.6 Å². The molecule has 8 atom stereocenters. The van der Waals surface area contributed by atoms with Gasteiger partial charge in [-0.2, -0.15) is 9.97 Å². The van der Waals surface area contributed by atoms with Gasteiger partial charge in [-0.25, -0.2) is 19.9 Å². The average molecular weight is 851 g/mol. The molecule has 0 aliphatic carbocycles.